The molecule has 2 N–H and O–H groups in total. The Morgan fingerprint density at radius 2 is 1.87 bits per heavy atom. The number of nitrogens with one attached hydrogen (secondary N) is 2. The van der Waals surface area contributed by atoms with Crippen LogP contribution in [-0.2, 0) is 24.3 Å². The van der Waals surface area contributed by atoms with Gasteiger partial charge in [-0.05, 0) is 65.0 Å². The van der Waals surface area contributed by atoms with Gasteiger partial charge in [-0.15, -0.1) is 17.9 Å². The minimum absolute atomic E-state index is 0.00263. The lowest BCUT2D eigenvalue weighted by molar-refractivity contribution is -0.132. The Hall–Kier alpha value is -4.24. The molecule has 0 unspecified atom stereocenters. The maximum absolute atomic E-state index is 14.3. The molecule has 2 aliphatic carbocycles. The average Bonchev–Trinajstić information content (AvgIpc) is 3.96. The fourth-order valence-corrected chi connectivity index (χ4v) is 8.95. The number of methoxy groups -OCH3 is 1. The summed E-state index contributed by atoms with van der Waals surface area (Å²) in [4.78, 5) is 52.6. The molecule has 52 heavy (non-hydrogen) atoms. The molecule has 0 radical (unpaired) electrons. The Labute approximate surface area is 308 Å². The molecule has 280 valence electrons. The summed E-state index contributed by atoms with van der Waals surface area (Å²) in [6.45, 7) is 16.9. The number of carbonyl (C=O) groups excluding carboxylic acids is 3. The molecule has 3 amide bonds. The van der Waals surface area contributed by atoms with E-state index < -0.39 is 68.3 Å². The summed E-state index contributed by atoms with van der Waals surface area (Å²) >= 11 is 1.48. The van der Waals surface area contributed by atoms with Gasteiger partial charge < -0.3 is 19.5 Å². The van der Waals surface area contributed by atoms with Crippen molar-refractivity contribution in [3.05, 3.63) is 47.5 Å². The maximum Gasteiger partial charge on any atom is 0.411 e. The molecule has 0 bridgehead atoms. The molecular weight excluding hydrogens is 707 g/mol. The van der Waals surface area contributed by atoms with Gasteiger partial charge in [-0.2, -0.15) is 0 Å². The standard InChI is InChI=1S/C37H47N5O8S2/c1-10-22-16-37(22,34(44)41-52(46,47)23-11-12-23)40-32(43)31-21(5)29(17-42(31)35(45)50-36(6,7)8)49-28-15-25(33-39-26(18-51-33)19(2)3)38-30-20(4)27(48-9)14-13-24(28)30/h10,13-15,18-19,21-23,29,31H,1,11-12,16-17H2,2-9H3,(H,40,43)(H,41,44)/t21-,22-,29+,31+,37-/m1/s1. The molecule has 5 atom stereocenters. The van der Waals surface area contributed by atoms with Crippen LogP contribution in [0.2, 0.25) is 0 Å². The SMILES string of the molecule is C=C[C@@H]1C[C@]1(NC(=O)[C@@H]1[C@H](C)[C@@H](Oc2cc(-c3nc(C(C)C)cs3)nc3c(C)c(OC)ccc23)CN1C(=O)OC(C)(C)C)C(=O)NS(=O)(=O)C1CC1. The number of ether oxygens (including phenoxy) is 3. The highest BCUT2D eigenvalue weighted by Gasteiger charge is 2.62. The summed E-state index contributed by atoms with van der Waals surface area (Å²) in [7, 11) is -2.28. The van der Waals surface area contributed by atoms with E-state index in [-0.39, 0.29) is 18.9 Å². The van der Waals surface area contributed by atoms with E-state index in [9.17, 15) is 22.8 Å². The highest BCUT2D eigenvalue weighted by atomic mass is 32.2. The van der Waals surface area contributed by atoms with Crippen molar-refractivity contribution in [1.29, 1.82) is 0 Å². The smallest absolute Gasteiger partial charge is 0.411 e. The Morgan fingerprint density at radius 1 is 1.15 bits per heavy atom. The van der Waals surface area contributed by atoms with Gasteiger partial charge in [0.25, 0.3) is 5.91 Å². The van der Waals surface area contributed by atoms with E-state index in [0.29, 0.717) is 40.9 Å². The molecule has 0 spiro atoms. The molecule has 15 heteroatoms. The van der Waals surface area contributed by atoms with Crippen LogP contribution in [0.3, 0.4) is 0 Å². The lowest BCUT2D eigenvalue weighted by Crippen LogP contribution is -2.57. The zero-order valence-corrected chi connectivity index (χ0v) is 32.4. The number of hydrogen-bond acceptors (Lipinski definition) is 11. The normalized spacial score (nSPS) is 24.4. The van der Waals surface area contributed by atoms with Crippen LogP contribution < -0.4 is 19.5 Å². The summed E-state index contributed by atoms with van der Waals surface area (Å²) in [5.41, 5.74) is 0.650. The van der Waals surface area contributed by atoms with Crippen molar-refractivity contribution >= 4 is 50.2 Å². The van der Waals surface area contributed by atoms with Crippen molar-refractivity contribution in [2.45, 2.75) is 102 Å². The maximum atomic E-state index is 14.3. The zero-order chi connectivity index (χ0) is 37.9. The van der Waals surface area contributed by atoms with E-state index in [1.54, 1.807) is 34.8 Å². The van der Waals surface area contributed by atoms with Crippen LogP contribution in [0.15, 0.2) is 36.2 Å². The Morgan fingerprint density at radius 3 is 2.44 bits per heavy atom. The number of rotatable bonds is 11. The van der Waals surface area contributed by atoms with Crippen molar-refractivity contribution in [1.82, 2.24) is 24.9 Å². The number of hydrogen-bond donors (Lipinski definition) is 2. The molecule has 3 fully saturated rings. The highest BCUT2D eigenvalue weighted by Crippen LogP contribution is 2.46. The number of pyridine rings is 1. The van der Waals surface area contributed by atoms with Crippen molar-refractivity contribution < 1.29 is 37.0 Å². The second kappa shape index (κ2) is 13.6. The van der Waals surface area contributed by atoms with Gasteiger partial charge in [-0.3, -0.25) is 19.2 Å². The van der Waals surface area contributed by atoms with Gasteiger partial charge in [0.2, 0.25) is 15.9 Å². The number of amides is 3. The second-order valence-corrected chi connectivity index (χ2v) is 18.1. The minimum Gasteiger partial charge on any atom is -0.496 e. The van der Waals surface area contributed by atoms with Gasteiger partial charge in [-0.1, -0.05) is 26.8 Å². The molecule has 3 aliphatic rings. The molecule has 1 saturated heterocycles. The van der Waals surface area contributed by atoms with Gasteiger partial charge in [0, 0.05) is 34.2 Å². The molecule has 2 aromatic heterocycles. The van der Waals surface area contributed by atoms with Gasteiger partial charge in [0.1, 0.15) is 45.5 Å². The lowest BCUT2D eigenvalue weighted by atomic mass is 9.98. The summed E-state index contributed by atoms with van der Waals surface area (Å²) in [5.74, 6) is -1.15. The molecule has 3 aromatic rings. The Kier molecular flexibility index (Phi) is 9.83. The number of carbonyl (C=O) groups is 3. The highest BCUT2D eigenvalue weighted by molar-refractivity contribution is 7.91. The number of sulfonamides is 1. The topological polar surface area (TPSA) is 166 Å². The second-order valence-electron chi connectivity index (χ2n) is 15.3. The molecule has 2 saturated carbocycles. The summed E-state index contributed by atoms with van der Waals surface area (Å²) in [6, 6.07) is 4.42. The number of fused-ring (bicyclic) bond motifs is 1. The first-order valence-corrected chi connectivity index (χ1v) is 19.9. The number of likely N-dealkylation sites (tertiary alicyclic amines) is 1. The summed E-state index contributed by atoms with van der Waals surface area (Å²) in [6.07, 6.45) is 1.23. The molecule has 1 aromatic carbocycles. The van der Waals surface area contributed by atoms with Crippen LogP contribution in [0.5, 0.6) is 11.5 Å². The van der Waals surface area contributed by atoms with Gasteiger partial charge >= 0.3 is 6.09 Å². The van der Waals surface area contributed by atoms with Gasteiger partial charge in [0.05, 0.1) is 30.1 Å². The van der Waals surface area contributed by atoms with Crippen molar-refractivity contribution in [2.24, 2.45) is 11.8 Å². The van der Waals surface area contributed by atoms with E-state index in [4.69, 9.17) is 24.2 Å². The van der Waals surface area contributed by atoms with Crippen LogP contribution >= 0.6 is 11.3 Å². The van der Waals surface area contributed by atoms with Crippen LogP contribution in [0.25, 0.3) is 21.6 Å². The van der Waals surface area contributed by atoms with Crippen LogP contribution in [0, 0.1) is 18.8 Å². The number of aromatic nitrogens is 2. The van der Waals surface area contributed by atoms with Gasteiger partial charge in [0.15, 0.2) is 0 Å². The number of aryl methyl sites for hydroxylation is 1. The van der Waals surface area contributed by atoms with E-state index in [1.165, 1.54) is 22.3 Å². The van der Waals surface area contributed by atoms with E-state index in [1.807, 2.05) is 30.5 Å². The monoisotopic (exact) mass is 753 g/mol. The number of benzene rings is 1. The fourth-order valence-electron chi connectivity index (χ4n) is 6.64. The first-order chi connectivity index (χ1) is 24.4. The van der Waals surface area contributed by atoms with Gasteiger partial charge in [-0.25, -0.2) is 23.2 Å². The number of nitrogens with zero attached hydrogens (tertiary/aromatic N) is 3. The van der Waals surface area contributed by atoms with E-state index in [2.05, 4.69) is 30.5 Å². The predicted molar refractivity (Wildman–Crippen MR) is 198 cm³/mol. The number of thiazole rings is 1. The summed E-state index contributed by atoms with van der Waals surface area (Å²) in [5, 5.41) is 5.65. The Bertz CT molecular complexity index is 2040. The minimum atomic E-state index is -3.87. The Balaban J connectivity index is 1.35. The van der Waals surface area contributed by atoms with Crippen LogP contribution in [0.4, 0.5) is 4.79 Å². The third kappa shape index (κ3) is 7.21. The first-order valence-electron chi connectivity index (χ1n) is 17.5. The average molecular weight is 754 g/mol. The van der Waals surface area contributed by atoms with E-state index in [0.717, 1.165) is 16.3 Å². The van der Waals surface area contributed by atoms with Crippen molar-refractivity contribution in [2.75, 3.05) is 13.7 Å². The first kappa shape index (κ1) is 37.5. The molecule has 13 nitrogen and oxygen atoms in total. The lowest BCUT2D eigenvalue weighted by Gasteiger charge is -2.30. The molecule has 1 aliphatic heterocycles. The third-order valence-electron chi connectivity index (χ3n) is 9.92. The molecular formula is C37H47N5O8S2. The largest absolute Gasteiger partial charge is 0.496 e. The quantitative estimate of drug-likeness (QED) is 0.240. The fraction of sp³-hybridized carbons (Fsp3) is 0.541. The van der Waals surface area contributed by atoms with Crippen LogP contribution in [-0.4, -0.2) is 83.4 Å². The summed E-state index contributed by atoms with van der Waals surface area (Å²) < 4.78 is 45.6. The zero-order valence-electron chi connectivity index (χ0n) is 30.8. The van der Waals surface area contributed by atoms with E-state index >= 15 is 0 Å². The van der Waals surface area contributed by atoms with Crippen molar-refractivity contribution in [3.8, 4) is 22.2 Å². The predicted octanol–water partition coefficient (Wildman–Crippen LogP) is 5.47. The molecule has 6 rings (SSSR count). The van der Waals surface area contributed by atoms with Crippen molar-refractivity contribution in [3.63, 3.8) is 0 Å². The molecule has 3 heterocycles. The third-order valence-corrected chi connectivity index (χ3v) is 12.6. The van der Waals surface area contributed by atoms with Crippen LogP contribution in [0.1, 0.15) is 78.0 Å².